The number of carbonyl (C=O) groups excluding carboxylic acids is 2. The number of aryl methyl sites for hydroxylation is 1. The molecule has 2 fully saturated rings. The zero-order chi connectivity index (χ0) is 29.8. The van der Waals surface area contributed by atoms with Crippen LogP contribution in [0, 0.1) is 24.2 Å². The second-order valence-electron chi connectivity index (χ2n) is 12.7. The lowest BCUT2D eigenvalue weighted by Crippen LogP contribution is -2.63. The van der Waals surface area contributed by atoms with Crippen LogP contribution in [-0.4, -0.2) is 60.7 Å². The zero-order valence-electron chi connectivity index (χ0n) is 25.3. The fraction of sp³-hybridized carbons (Fsp3) is 0.545. The quantitative estimate of drug-likeness (QED) is 0.478. The molecule has 0 unspecified atom stereocenters. The fourth-order valence-electron chi connectivity index (χ4n) is 5.70. The average molecular weight is 561 g/mol. The second kappa shape index (κ2) is 12.6. The molecule has 0 spiro atoms. The van der Waals surface area contributed by atoms with Crippen LogP contribution in [0.15, 0.2) is 42.5 Å². The summed E-state index contributed by atoms with van der Waals surface area (Å²) in [7, 11) is 1.86. The Kier molecular flexibility index (Phi) is 9.41. The van der Waals surface area contributed by atoms with E-state index >= 15 is 0 Å². The van der Waals surface area contributed by atoms with Crippen molar-refractivity contribution in [2.75, 3.05) is 31.6 Å². The van der Waals surface area contributed by atoms with Crippen LogP contribution in [0.5, 0.6) is 5.75 Å². The lowest BCUT2D eigenvalue weighted by molar-refractivity contribution is -0.164. The first-order valence-corrected chi connectivity index (χ1v) is 14.6. The number of nitrogens with zero attached hydrogens (tertiary/aromatic N) is 3. The third-order valence-corrected chi connectivity index (χ3v) is 8.06. The molecule has 8 nitrogen and oxygen atoms in total. The molecule has 0 aromatic heterocycles. The minimum absolute atomic E-state index is 0.0309. The summed E-state index contributed by atoms with van der Waals surface area (Å²) in [5.74, 6) is 0.589. The summed E-state index contributed by atoms with van der Waals surface area (Å²) in [6.07, 6.45) is 3.24. The van der Waals surface area contributed by atoms with E-state index < -0.39 is 11.1 Å². The molecule has 1 aliphatic heterocycles. The van der Waals surface area contributed by atoms with Crippen molar-refractivity contribution < 1.29 is 19.1 Å². The van der Waals surface area contributed by atoms with E-state index in [4.69, 9.17) is 14.7 Å². The summed E-state index contributed by atoms with van der Waals surface area (Å²) < 4.78 is 11.8. The van der Waals surface area contributed by atoms with E-state index in [1.165, 1.54) is 5.56 Å². The molecule has 1 atom stereocenters. The van der Waals surface area contributed by atoms with Gasteiger partial charge in [-0.1, -0.05) is 12.1 Å². The van der Waals surface area contributed by atoms with Gasteiger partial charge in [-0.15, -0.1) is 0 Å². The Balaban J connectivity index is 1.32. The molecule has 41 heavy (non-hydrogen) atoms. The molecule has 0 bridgehead atoms. The molecule has 1 N–H and O–H groups in total. The normalized spacial score (nSPS) is 23.3. The van der Waals surface area contributed by atoms with Crippen molar-refractivity contribution in [3.05, 3.63) is 59.2 Å². The van der Waals surface area contributed by atoms with Gasteiger partial charge in [0.25, 0.3) is 0 Å². The highest BCUT2D eigenvalue weighted by molar-refractivity contribution is 5.94. The van der Waals surface area contributed by atoms with Crippen LogP contribution < -0.4 is 15.0 Å². The van der Waals surface area contributed by atoms with Crippen molar-refractivity contribution in [2.45, 2.75) is 84.1 Å². The van der Waals surface area contributed by atoms with Crippen molar-refractivity contribution in [3.63, 3.8) is 0 Å². The summed E-state index contributed by atoms with van der Waals surface area (Å²) in [6.45, 7) is 12.5. The van der Waals surface area contributed by atoms with Crippen molar-refractivity contribution in [2.24, 2.45) is 5.92 Å². The van der Waals surface area contributed by atoms with E-state index in [0.717, 1.165) is 50.0 Å². The van der Waals surface area contributed by atoms with E-state index in [1.54, 1.807) is 17.0 Å². The minimum atomic E-state index is -0.753. The highest BCUT2D eigenvalue weighted by atomic mass is 16.6. The Morgan fingerprint density at radius 2 is 1.88 bits per heavy atom. The maximum atomic E-state index is 13.4. The highest BCUT2D eigenvalue weighted by Gasteiger charge is 2.40. The first kappa shape index (κ1) is 30.5. The summed E-state index contributed by atoms with van der Waals surface area (Å²) in [4.78, 5) is 30.3. The largest absolute Gasteiger partial charge is 0.490 e. The molecular formula is C33H44N4O4. The first-order chi connectivity index (χ1) is 19.4. The molecule has 1 saturated heterocycles. The van der Waals surface area contributed by atoms with Crippen molar-refractivity contribution in [1.82, 2.24) is 10.2 Å². The SMILES string of the molecule is Cc1cc(N(C)C(=O)C2CCC(Oc3cccc(C#N)c3)CC2)ccc1CN1CCN[C@](C)(C(=O)OC(C)(C)C)C1. The summed E-state index contributed by atoms with van der Waals surface area (Å²) >= 11 is 0. The Bertz CT molecular complexity index is 1290. The lowest BCUT2D eigenvalue weighted by atomic mass is 9.86. The number of benzene rings is 2. The highest BCUT2D eigenvalue weighted by Crippen LogP contribution is 2.31. The maximum Gasteiger partial charge on any atom is 0.327 e. The summed E-state index contributed by atoms with van der Waals surface area (Å²) in [6, 6.07) is 15.6. The average Bonchev–Trinajstić information content (AvgIpc) is 2.93. The van der Waals surface area contributed by atoms with Crippen molar-refractivity contribution >= 4 is 17.6 Å². The molecule has 0 radical (unpaired) electrons. The van der Waals surface area contributed by atoms with Gasteiger partial charge in [0.15, 0.2) is 0 Å². The standard InChI is InChI=1S/C33H44N4O4/c1-23-18-27(13-10-26(23)21-37-17-16-35-33(5,22-37)31(39)41-32(2,3)4)36(6)30(38)25-11-14-28(15-12-25)40-29-9-7-8-24(19-29)20-34/h7-10,13,18-19,25,28,35H,11-12,14-17,21-22H2,1-6H3/t25?,28?,33-/m0/s1. The van der Waals surface area contributed by atoms with Crippen LogP contribution >= 0.6 is 0 Å². The number of amides is 1. The van der Waals surface area contributed by atoms with Gasteiger partial charge in [-0.3, -0.25) is 15.0 Å². The Hall–Kier alpha value is -3.41. The lowest BCUT2D eigenvalue weighted by Gasteiger charge is -2.41. The molecular weight excluding hydrogens is 516 g/mol. The number of hydrogen-bond donors (Lipinski definition) is 1. The molecule has 1 saturated carbocycles. The zero-order valence-corrected chi connectivity index (χ0v) is 25.3. The van der Waals surface area contributed by atoms with Crippen LogP contribution in [0.1, 0.15) is 70.1 Å². The first-order valence-electron chi connectivity index (χ1n) is 14.6. The molecule has 1 amide bonds. The molecule has 2 aromatic rings. The summed E-state index contributed by atoms with van der Waals surface area (Å²) in [5, 5.41) is 12.5. The van der Waals surface area contributed by atoms with Gasteiger partial charge in [0.2, 0.25) is 5.91 Å². The minimum Gasteiger partial charge on any atom is -0.490 e. The van der Waals surface area contributed by atoms with Crippen LogP contribution in [0.4, 0.5) is 5.69 Å². The van der Waals surface area contributed by atoms with E-state index in [2.05, 4.69) is 35.3 Å². The van der Waals surface area contributed by atoms with E-state index in [-0.39, 0.29) is 23.9 Å². The molecule has 4 rings (SSSR count). The smallest absolute Gasteiger partial charge is 0.327 e. The third-order valence-electron chi connectivity index (χ3n) is 8.06. The van der Waals surface area contributed by atoms with Gasteiger partial charge in [-0.25, -0.2) is 4.79 Å². The predicted octanol–water partition coefficient (Wildman–Crippen LogP) is 4.97. The number of carbonyl (C=O) groups is 2. The molecule has 1 aliphatic carbocycles. The molecule has 220 valence electrons. The van der Waals surface area contributed by atoms with Crippen LogP contribution in [0.25, 0.3) is 0 Å². The number of anilines is 1. The molecule has 2 aliphatic rings. The van der Waals surface area contributed by atoms with Gasteiger partial charge < -0.3 is 14.4 Å². The fourth-order valence-corrected chi connectivity index (χ4v) is 5.70. The van der Waals surface area contributed by atoms with Crippen molar-refractivity contribution in [3.8, 4) is 11.8 Å². The number of nitrogens with one attached hydrogen (secondary N) is 1. The number of piperazine rings is 1. The van der Waals surface area contributed by atoms with E-state index in [1.807, 2.05) is 52.9 Å². The monoisotopic (exact) mass is 560 g/mol. The van der Waals surface area contributed by atoms with Crippen LogP contribution in [-0.2, 0) is 20.9 Å². The van der Waals surface area contributed by atoms with Crippen molar-refractivity contribution in [1.29, 1.82) is 5.26 Å². The number of rotatable bonds is 7. The van der Waals surface area contributed by atoms with Gasteiger partial charge in [0.1, 0.15) is 16.9 Å². The van der Waals surface area contributed by atoms with Gasteiger partial charge in [-0.05, 0) is 102 Å². The topological polar surface area (TPSA) is 94.9 Å². The van der Waals surface area contributed by atoms with E-state index in [9.17, 15) is 9.59 Å². The number of hydrogen-bond acceptors (Lipinski definition) is 7. The van der Waals surface area contributed by atoms with E-state index in [0.29, 0.717) is 24.4 Å². The maximum absolute atomic E-state index is 13.4. The second-order valence-corrected chi connectivity index (χ2v) is 12.7. The van der Waals surface area contributed by atoms with Gasteiger partial charge in [0, 0.05) is 44.8 Å². The van der Waals surface area contributed by atoms with Crippen LogP contribution in [0.3, 0.4) is 0 Å². The Labute approximate surface area is 244 Å². The van der Waals surface area contributed by atoms with Gasteiger partial charge in [0.05, 0.1) is 17.7 Å². The molecule has 8 heteroatoms. The predicted molar refractivity (Wildman–Crippen MR) is 160 cm³/mol. The Morgan fingerprint density at radius 3 is 2.54 bits per heavy atom. The number of nitriles is 1. The third kappa shape index (κ3) is 7.87. The van der Waals surface area contributed by atoms with Gasteiger partial charge >= 0.3 is 5.97 Å². The van der Waals surface area contributed by atoms with Gasteiger partial charge in [-0.2, -0.15) is 5.26 Å². The molecule has 2 aromatic carbocycles. The molecule has 1 heterocycles. The Morgan fingerprint density at radius 1 is 1.15 bits per heavy atom. The van der Waals surface area contributed by atoms with Crippen LogP contribution in [0.2, 0.25) is 0 Å². The summed E-state index contributed by atoms with van der Waals surface area (Å²) in [5.41, 5.74) is 2.50. The number of ether oxygens (including phenoxy) is 2. The number of esters is 1.